The Hall–Kier alpha value is -2.35. The average molecular weight is 456 g/mol. The number of benzene rings is 2. The predicted octanol–water partition coefficient (Wildman–Crippen LogP) is 5.02. The van der Waals surface area contributed by atoms with E-state index in [1.54, 1.807) is 23.5 Å². The van der Waals surface area contributed by atoms with Crippen molar-refractivity contribution in [1.29, 1.82) is 0 Å². The zero-order chi connectivity index (χ0) is 22.2. The van der Waals surface area contributed by atoms with Crippen LogP contribution in [0.5, 0.6) is 0 Å². The van der Waals surface area contributed by atoms with Crippen LogP contribution < -0.4 is 14.9 Å². The van der Waals surface area contributed by atoms with E-state index in [4.69, 9.17) is 0 Å². The molecule has 2 heterocycles. The lowest BCUT2D eigenvalue weighted by atomic mass is 10.1. The van der Waals surface area contributed by atoms with E-state index in [-0.39, 0.29) is 4.90 Å². The van der Waals surface area contributed by atoms with Crippen LogP contribution >= 0.6 is 11.3 Å². The number of piperazine rings is 1. The number of rotatable bonds is 5. The van der Waals surface area contributed by atoms with Gasteiger partial charge in [-0.1, -0.05) is 18.2 Å². The van der Waals surface area contributed by atoms with Gasteiger partial charge in [0.15, 0.2) is 0 Å². The van der Waals surface area contributed by atoms with Crippen LogP contribution in [-0.2, 0) is 10.0 Å². The molecule has 0 bridgehead atoms. The summed E-state index contributed by atoms with van der Waals surface area (Å²) < 4.78 is 28.9. The van der Waals surface area contributed by atoms with E-state index in [0.29, 0.717) is 17.8 Å². The number of nitrogens with zero attached hydrogens (tertiary/aromatic N) is 1. The average Bonchev–Trinajstić information content (AvgIpc) is 3.15. The van der Waals surface area contributed by atoms with E-state index in [9.17, 15) is 8.42 Å². The number of hydrogen-bond acceptors (Lipinski definition) is 5. The predicted molar refractivity (Wildman–Crippen MR) is 131 cm³/mol. The summed E-state index contributed by atoms with van der Waals surface area (Å²) in [7, 11) is -3.68. The fourth-order valence-electron chi connectivity index (χ4n) is 4.04. The highest BCUT2D eigenvalue weighted by Crippen LogP contribution is 2.30. The van der Waals surface area contributed by atoms with E-state index < -0.39 is 10.0 Å². The highest BCUT2D eigenvalue weighted by atomic mass is 32.2. The van der Waals surface area contributed by atoms with Crippen molar-refractivity contribution in [2.24, 2.45) is 0 Å². The monoisotopic (exact) mass is 455 g/mol. The van der Waals surface area contributed by atoms with E-state index in [0.717, 1.165) is 34.8 Å². The van der Waals surface area contributed by atoms with Gasteiger partial charge in [0.1, 0.15) is 0 Å². The Morgan fingerprint density at radius 3 is 2.29 bits per heavy atom. The van der Waals surface area contributed by atoms with Crippen LogP contribution in [0.3, 0.4) is 0 Å². The number of thiophene rings is 1. The lowest BCUT2D eigenvalue weighted by Gasteiger charge is -2.38. The van der Waals surface area contributed by atoms with Crippen LogP contribution in [0.1, 0.15) is 25.0 Å². The molecule has 2 atom stereocenters. The van der Waals surface area contributed by atoms with Gasteiger partial charge in [-0.05, 0) is 80.1 Å². The van der Waals surface area contributed by atoms with Gasteiger partial charge in [-0.2, -0.15) is 0 Å². The van der Waals surface area contributed by atoms with Crippen LogP contribution in [0, 0.1) is 13.8 Å². The van der Waals surface area contributed by atoms with Crippen molar-refractivity contribution in [3.05, 3.63) is 65.0 Å². The molecule has 5 nitrogen and oxygen atoms in total. The number of sulfonamides is 1. The maximum Gasteiger partial charge on any atom is 0.261 e. The molecule has 1 aliphatic heterocycles. The van der Waals surface area contributed by atoms with Gasteiger partial charge in [0.25, 0.3) is 10.0 Å². The highest BCUT2D eigenvalue weighted by molar-refractivity contribution is 7.92. The van der Waals surface area contributed by atoms with Crippen molar-refractivity contribution in [1.82, 2.24) is 5.32 Å². The van der Waals surface area contributed by atoms with Crippen molar-refractivity contribution in [3.63, 3.8) is 0 Å². The molecule has 1 fully saturated rings. The molecule has 164 valence electrons. The summed E-state index contributed by atoms with van der Waals surface area (Å²) in [4.78, 5) is 3.71. The van der Waals surface area contributed by atoms with E-state index in [1.165, 1.54) is 5.56 Å². The molecule has 0 spiro atoms. The number of hydrogen-bond donors (Lipinski definition) is 2. The Morgan fingerprint density at radius 1 is 1.00 bits per heavy atom. The van der Waals surface area contributed by atoms with Crippen LogP contribution in [0.4, 0.5) is 11.4 Å². The summed E-state index contributed by atoms with van der Waals surface area (Å²) in [6.07, 6.45) is 0. The van der Waals surface area contributed by atoms with E-state index in [2.05, 4.69) is 53.2 Å². The molecule has 0 saturated carbocycles. The van der Waals surface area contributed by atoms with Crippen molar-refractivity contribution in [3.8, 4) is 10.4 Å². The van der Waals surface area contributed by atoms with Gasteiger partial charge >= 0.3 is 0 Å². The third-order valence-electron chi connectivity index (χ3n) is 5.57. The second-order valence-electron chi connectivity index (χ2n) is 8.49. The molecule has 1 aliphatic rings. The summed E-state index contributed by atoms with van der Waals surface area (Å²) in [6.45, 7) is 10.1. The number of anilines is 2. The number of aryl methyl sites for hydroxylation is 2. The highest BCUT2D eigenvalue weighted by Gasteiger charge is 2.22. The molecule has 3 aromatic rings. The third kappa shape index (κ3) is 4.95. The summed E-state index contributed by atoms with van der Waals surface area (Å²) >= 11 is 1.66. The summed E-state index contributed by atoms with van der Waals surface area (Å²) in [5.41, 5.74) is 4.79. The minimum Gasteiger partial charge on any atom is -0.368 e. The van der Waals surface area contributed by atoms with Crippen LogP contribution in [0.15, 0.2) is 58.8 Å². The minimum atomic E-state index is -3.68. The van der Waals surface area contributed by atoms with Gasteiger partial charge in [-0.3, -0.25) is 4.72 Å². The molecule has 2 aromatic carbocycles. The minimum absolute atomic E-state index is 0.263. The van der Waals surface area contributed by atoms with Crippen molar-refractivity contribution in [2.75, 3.05) is 22.7 Å². The van der Waals surface area contributed by atoms with Gasteiger partial charge in [-0.15, -0.1) is 11.3 Å². The van der Waals surface area contributed by atoms with Crippen molar-refractivity contribution >= 4 is 32.7 Å². The lowest BCUT2D eigenvalue weighted by Crippen LogP contribution is -2.54. The Bertz CT molecular complexity index is 1160. The van der Waals surface area contributed by atoms with Crippen molar-refractivity contribution in [2.45, 2.75) is 44.7 Å². The first-order valence-corrected chi connectivity index (χ1v) is 12.9. The van der Waals surface area contributed by atoms with Gasteiger partial charge in [0, 0.05) is 35.7 Å². The Balaban J connectivity index is 1.56. The first-order valence-electron chi connectivity index (χ1n) is 10.5. The van der Waals surface area contributed by atoms with Crippen molar-refractivity contribution < 1.29 is 8.42 Å². The Morgan fingerprint density at radius 2 is 1.68 bits per heavy atom. The summed E-state index contributed by atoms with van der Waals surface area (Å²) in [6, 6.07) is 15.9. The smallest absolute Gasteiger partial charge is 0.261 e. The molecule has 31 heavy (non-hydrogen) atoms. The zero-order valence-corrected chi connectivity index (χ0v) is 20.0. The van der Waals surface area contributed by atoms with E-state index >= 15 is 0 Å². The molecule has 0 radical (unpaired) electrons. The Kier molecular flexibility index (Phi) is 6.10. The molecule has 2 N–H and O–H groups in total. The van der Waals surface area contributed by atoms with Gasteiger partial charge in [-0.25, -0.2) is 8.42 Å². The molecule has 0 aliphatic carbocycles. The molecule has 0 amide bonds. The lowest BCUT2D eigenvalue weighted by molar-refractivity contribution is 0.407. The van der Waals surface area contributed by atoms with Gasteiger partial charge in [0.2, 0.25) is 0 Å². The quantitative estimate of drug-likeness (QED) is 0.567. The molecule has 7 heteroatoms. The third-order valence-corrected chi connectivity index (χ3v) is 8.05. The molecule has 0 unspecified atom stereocenters. The normalized spacial score (nSPS) is 19.4. The number of nitrogens with one attached hydrogen (secondary N) is 2. The molecule has 4 rings (SSSR count). The molecule has 1 aromatic heterocycles. The fraction of sp³-hybridized carbons (Fsp3) is 0.333. The van der Waals surface area contributed by atoms with Crippen LogP contribution in [0.2, 0.25) is 0 Å². The van der Waals surface area contributed by atoms with Gasteiger partial charge in [0.05, 0.1) is 10.6 Å². The first-order chi connectivity index (χ1) is 14.7. The molecular formula is C24H29N3O2S2. The summed E-state index contributed by atoms with van der Waals surface area (Å²) in [5, 5.41) is 5.62. The second kappa shape index (κ2) is 8.65. The largest absolute Gasteiger partial charge is 0.368 e. The Labute approximate surface area is 189 Å². The maximum atomic E-state index is 13.1. The van der Waals surface area contributed by atoms with Crippen LogP contribution in [-0.4, -0.2) is 33.6 Å². The van der Waals surface area contributed by atoms with Crippen LogP contribution in [0.25, 0.3) is 10.4 Å². The summed E-state index contributed by atoms with van der Waals surface area (Å²) in [5.74, 6) is 0. The standard InChI is InChI=1S/C24H29N3O2S2/c1-16-11-24(30-15-16)20-6-9-22(10-7-20)31(28,29)26-23-12-21(8-5-17(23)2)27-13-18(3)25-19(4)14-27/h5-12,15,18-19,25-26H,13-14H2,1-4H3/t18-,19+. The topological polar surface area (TPSA) is 61.4 Å². The first kappa shape index (κ1) is 21.9. The maximum absolute atomic E-state index is 13.1. The SMILES string of the molecule is Cc1csc(-c2ccc(S(=O)(=O)Nc3cc(N4C[C@@H](C)N[C@@H](C)C4)ccc3C)cc2)c1. The zero-order valence-electron chi connectivity index (χ0n) is 18.3. The van der Waals surface area contributed by atoms with E-state index in [1.807, 2.05) is 31.2 Å². The fourth-order valence-corrected chi connectivity index (χ4v) is 6.07. The van der Waals surface area contributed by atoms with Gasteiger partial charge < -0.3 is 10.2 Å². The molecular weight excluding hydrogens is 426 g/mol. The molecule has 1 saturated heterocycles. The second-order valence-corrected chi connectivity index (χ2v) is 11.1.